The van der Waals surface area contributed by atoms with E-state index in [0.29, 0.717) is 19.3 Å². The van der Waals surface area contributed by atoms with Crippen LogP contribution in [0.3, 0.4) is 0 Å². The molecule has 1 fully saturated rings. The Morgan fingerprint density at radius 2 is 2.23 bits per heavy atom. The molecule has 74 valence electrons. The Bertz CT molecular complexity index is 220. The SMILES string of the molecule is CC1(C)OC1CCC1=CCOOC1. The molecule has 0 aliphatic carbocycles. The van der Waals surface area contributed by atoms with Crippen LogP contribution < -0.4 is 0 Å². The van der Waals surface area contributed by atoms with E-state index in [-0.39, 0.29) is 5.60 Å². The summed E-state index contributed by atoms with van der Waals surface area (Å²) < 4.78 is 5.50. The average molecular weight is 184 g/mol. The van der Waals surface area contributed by atoms with Crippen molar-refractivity contribution in [3.63, 3.8) is 0 Å². The van der Waals surface area contributed by atoms with Gasteiger partial charge in [-0.05, 0) is 32.3 Å². The molecule has 0 spiro atoms. The maximum Gasteiger partial charge on any atom is 0.103 e. The van der Waals surface area contributed by atoms with Crippen LogP contribution in [-0.4, -0.2) is 24.9 Å². The van der Waals surface area contributed by atoms with Crippen LogP contribution in [0.5, 0.6) is 0 Å². The van der Waals surface area contributed by atoms with E-state index in [1.165, 1.54) is 5.57 Å². The molecule has 2 aliphatic heterocycles. The Kier molecular flexibility index (Phi) is 2.41. The first-order valence-electron chi connectivity index (χ1n) is 4.78. The van der Waals surface area contributed by atoms with Crippen molar-refractivity contribution in [1.29, 1.82) is 0 Å². The zero-order valence-corrected chi connectivity index (χ0v) is 8.21. The van der Waals surface area contributed by atoms with Gasteiger partial charge in [-0.3, -0.25) is 0 Å². The van der Waals surface area contributed by atoms with E-state index >= 15 is 0 Å². The van der Waals surface area contributed by atoms with Crippen LogP contribution >= 0.6 is 0 Å². The minimum Gasteiger partial charge on any atom is -0.367 e. The number of hydrogen-bond donors (Lipinski definition) is 0. The highest BCUT2D eigenvalue weighted by Gasteiger charge is 2.46. The molecule has 0 N–H and O–H groups in total. The van der Waals surface area contributed by atoms with Crippen LogP contribution in [-0.2, 0) is 14.5 Å². The summed E-state index contributed by atoms with van der Waals surface area (Å²) in [5.74, 6) is 0. The Hall–Kier alpha value is -0.380. The smallest absolute Gasteiger partial charge is 0.103 e. The molecule has 1 saturated heterocycles. The van der Waals surface area contributed by atoms with Gasteiger partial charge in [0.05, 0.1) is 11.7 Å². The van der Waals surface area contributed by atoms with Crippen LogP contribution in [0.4, 0.5) is 0 Å². The van der Waals surface area contributed by atoms with Gasteiger partial charge in [0.25, 0.3) is 0 Å². The zero-order chi connectivity index (χ0) is 9.31. The second kappa shape index (κ2) is 3.40. The Balaban J connectivity index is 1.71. The minimum absolute atomic E-state index is 0.118. The van der Waals surface area contributed by atoms with Crippen molar-refractivity contribution < 1.29 is 14.5 Å². The molecule has 0 bridgehead atoms. The molecule has 0 aromatic rings. The van der Waals surface area contributed by atoms with Crippen molar-refractivity contribution in [2.75, 3.05) is 13.2 Å². The summed E-state index contributed by atoms with van der Waals surface area (Å²) in [6.45, 7) is 5.47. The second-order valence-corrected chi connectivity index (χ2v) is 4.16. The summed E-state index contributed by atoms with van der Waals surface area (Å²) in [6, 6.07) is 0. The van der Waals surface area contributed by atoms with Gasteiger partial charge in [-0.2, -0.15) is 0 Å². The standard InChI is InChI=1S/C10H16O3/c1-10(2)9(13-10)4-3-8-5-6-11-12-7-8/h5,9H,3-4,6-7H2,1-2H3. The number of ether oxygens (including phenoxy) is 1. The van der Waals surface area contributed by atoms with Gasteiger partial charge in [-0.15, -0.1) is 0 Å². The summed E-state index contributed by atoms with van der Waals surface area (Å²) in [4.78, 5) is 9.63. The lowest BCUT2D eigenvalue weighted by molar-refractivity contribution is -0.286. The van der Waals surface area contributed by atoms with E-state index in [4.69, 9.17) is 14.5 Å². The first-order chi connectivity index (χ1) is 6.18. The molecule has 13 heavy (non-hydrogen) atoms. The molecule has 2 rings (SSSR count). The lowest BCUT2D eigenvalue weighted by atomic mass is 10.0. The molecule has 0 amide bonds. The third-order valence-electron chi connectivity index (χ3n) is 2.66. The van der Waals surface area contributed by atoms with Gasteiger partial charge in [0.15, 0.2) is 0 Å². The topological polar surface area (TPSA) is 31.0 Å². The van der Waals surface area contributed by atoms with E-state index in [1.54, 1.807) is 0 Å². The maximum atomic E-state index is 5.50. The summed E-state index contributed by atoms with van der Waals surface area (Å²) in [6.07, 6.45) is 4.70. The molecule has 1 atom stereocenters. The van der Waals surface area contributed by atoms with Crippen molar-refractivity contribution in [2.24, 2.45) is 0 Å². The highest BCUT2D eigenvalue weighted by Crippen LogP contribution is 2.39. The molecule has 1 unspecified atom stereocenters. The molecular weight excluding hydrogens is 168 g/mol. The van der Waals surface area contributed by atoms with E-state index in [0.717, 1.165) is 12.8 Å². The van der Waals surface area contributed by atoms with Crippen molar-refractivity contribution in [1.82, 2.24) is 0 Å². The third-order valence-corrected chi connectivity index (χ3v) is 2.66. The number of epoxide rings is 1. The summed E-state index contributed by atoms with van der Waals surface area (Å²) in [5.41, 5.74) is 1.45. The molecule has 0 radical (unpaired) electrons. The predicted octanol–water partition coefficient (Wildman–Crippen LogP) is 1.83. The molecular formula is C10H16O3. The third kappa shape index (κ3) is 2.30. The molecule has 3 nitrogen and oxygen atoms in total. The fraction of sp³-hybridized carbons (Fsp3) is 0.800. The summed E-state index contributed by atoms with van der Waals surface area (Å²) >= 11 is 0. The summed E-state index contributed by atoms with van der Waals surface area (Å²) in [5, 5.41) is 0. The van der Waals surface area contributed by atoms with E-state index in [2.05, 4.69) is 19.9 Å². The van der Waals surface area contributed by atoms with Crippen molar-refractivity contribution >= 4 is 0 Å². The van der Waals surface area contributed by atoms with Crippen molar-refractivity contribution in [3.8, 4) is 0 Å². The fourth-order valence-electron chi connectivity index (χ4n) is 1.61. The Morgan fingerprint density at radius 3 is 2.77 bits per heavy atom. The molecule has 2 aliphatic rings. The largest absolute Gasteiger partial charge is 0.367 e. The fourth-order valence-corrected chi connectivity index (χ4v) is 1.61. The first-order valence-corrected chi connectivity index (χ1v) is 4.78. The minimum atomic E-state index is 0.118. The van der Waals surface area contributed by atoms with Gasteiger partial charge in [0.2, 0.25) is 0 Å². The van der Waals surface area contributed by atoms with Gasteiger partial charge in [-0.25, -0.2) is 9.78 Å². The lowest BCUT2D eigenvalue weighted by Gasteiger charge is -2.11. The maximum absolute atomic E-state index is 5.50. The second-order valence-electron chi connectivity index (χ2n) is 4.16. The van der Waals surface area contributed by atoms with E-state index < -0.39 is 0 Å². The van der Waals surface area contributed by atoms with Crippen LogP contribution in [0.25, 0.3) is 0 Å². The zero-order valence-electron chi connectivity index (χ0n) is 8.21. The molecule has 0 aromatic heterocycles. The van der Waals surface area contributed by atoms with Crippen LogP contribution in [0.15, 0.2) is 11.6 Å². The molecule has 2 heterocycles. The number of rotatable bonds is 3. The van der Waals surface area contributed by atoms with E-state index in [1.807, 2.05) is 0 Å². The molecule has 3 heteroatoms. The quantitative estimate of drug-likeness (QED) is 0.381. The van der Waals surface area contributed by atoms with Gasteiger partial charge in [-0.1, -0.05) is 6.08 Å². The summed E-state index contributed by atoms with van der Waals surface area (Å²) in [7, 11) is 0. The van der Waals surface area contributed by atoms with Gasteiger partial charge >= 0.3 is 0 Å². The highest BCUT2D eigenvalue weighted by atomic mass is 17.2. The Labute approximate surface area is 78.6 Å². The lowest BCUT2D eigenvalue weighted by Crippen LogP contribution is -2.09. The normalized spacial score (nSPS) is 31.2. The number of hydrogen-bond acceptors (Lipinski definition) is 3. The first kappa shape index (κ1) is 9.19. The van der Waals surface area contributed by atoms with Crippen LogP contribution in [0, 0.1) is 0 Å². The van der Waals surface area contributed by atoms with Gasteiger partial charge in [0.1, 0.15) is 13.2 Å². The molecule has 0 aromatic carbocycles. The monoisotopic (exact) mass is 184 g/mol. The predicted molar refractivity (Wildman–Crippen MR) is 48.2 cm³/mol. The van der Waals surface area contributed by atoms with Crippen LogP contribution in [0.1, 0.15) is 26.7 Å². The van der Waals surface area contributed by atoms with Crippen molar-refractivity contribution in [2.45, 2.75) is 38.4 Å². The van der Waals surface area contributed by atoms with Gasteiger partial charge < -0.3 is 4.74 Å². The highest BCUT2D eigenvalue weighted by molar-refractivity contribution is 5.06. The molecule has 0 saturated carbocycles. The van der Waals surface area contributed by atoms with Crippen LogP contribution in [0.2, 0.25) is 0 Å². The van der Waals surface area contributed by atoms with E-state index in [9.17, 15) is 0 Å². The van der Waals surface area contributed by atoms with Crippen molar-refractivity contribution in [3.05, 3.63) is 11.6 Å². The Morgan fingerprint density at radius 1 is 1.46 bits per heavy atom. The average Bonchev–Trinajstić information content (AvgIpc) is 2.73. The van der Waals surface area contributed by atoms with Gasteiger partial charge in [0, 0.05) is 0 Å².